The molecule has 2 rings (SSSR count). The summed E-state index contributed by atoms with van der Waals surface area (Å²) in [4.78, 5) is 8.30. The number of sulfonamides is 1. The SMILES string of the molecule is Cc1ccc(S(N)(=O)=O)cc1NC(C)c1cnccn1. The van der Waals surface area contributed by atoms with Gasteiger partial charge in [0, 0.05) is 18.1 Å². The Morgan fingerprint density at radius 3 is 2.65 bits per heavy atom. The van der Waals surface area contributed by atoms with Gasteiger partial charge in [-0.1, -0.05) is 6.07 Å². The summed E-state index contributed by atoms with van der Waals surface area (Å²) in [6.07, 6.45) is 4.88. The first-order valence-electron chi connectivity index (χ1n) is 6.04. The summed E-state index contributed by atoms with van der Waals surface area (Å²) in [6, 6.07) is 4.63. The lowest BCUT2D eigenvalue weighted by Gasteiger charge is -2.17. The third-order valence-corrected chi connectivity index (χ3v) is 3.85. The highest BCUT2D eigenvalue weighted by Crippen LogP contribution is 2.23. The smallest absolute Gasteiger partial charge is 0.238 e. The van der Waals surface area contributed by atoms with Crippen LogP contribution in [-0.4, -0.2) is 18.4 Å². The molecule has 1 unspecified atom stereocenters. The Labute approximate surface area is 118 Å². The van der Waals surface area contributed by atoms with Gasteiger partial charge in [0.05, 0.1) is 22.8 Å². The van der Waals surface area contributed by atoms with E-state index in [9.17, 15) is 8.42 Å². The number of nitrogens with one attached hydrogen (secondary N) is 1. The summed E-state index contributed by atoms with van der Waals surface area (Å²) in [6.45, 7) is 3.81. The van der Waals surface area contributed by atoms with Gasteiger partial charge < -0.3 is 5.32 Å². The van der Waals surface area contributed by atoms with E-state index in [-0.39, 0.29) is 10.9 Å². The zero-order valence-corrected chi connectivity index (χ0v) is 12.1. The van der Waals surface area contributed by atoms with Crippen molar-refractivity contribution >= 4 is 15.7 Å². The predicted molar refractivity (Wildman–Crippen MR) is 76.6 cm³/mol. The van der Waals surface area contributed by atoms with Gasteiger partial charge in [-0.15, -0.1) is 0 Å². The Hall–Kier alpha value is -1.99. The van der Waals surface area contributed by atoms with Gasteiger partial charge in [-0.05, 0) is 31.5 Å². The summed E-state index contributed by atoms with van der Waals surface area (Å²) in [5.74, 6) is 0. The van der Waals surface area contributed by atoms with Crippen molar-refractivity contribution in [3.8, 4) is 0 Å². The van der Waals surface area contributed by atoms with Crippen molar-refractivity contribution in [1.29, 1.82) is 0 Å². The highest BCUT2D eigenvalue weighted by atomic mass is 32.2. The van der Waals surface area contributed by atoms with Gasteiger partial charge >= 0.3 is 0 Å². The quantitative estimate of drug-likeness (QED) is 0.892. The molecule has 0 saturated carbocycles. The van der Waals surface area contributed by atoms with E-state index >= 15 is 0 Å². The molecule has 0 fully saturated rings. The number of aryl methyl sites for hydroxylation is 1. The van der Waals surface area contributed by atoms with E-state index in [1.807, 2.05) is 13.8 Å². The van der Waals surface area contributed by atoms with E-state index in [0.29, 0.717) is 5.69 Å². The number of hydrogen-bond acceptors (Lipinski definition) is 5. The highest BCUT2D eigenvalue weighted by molar-refractivity contribution is 7.89. The average molecular weight is 292 g/mol. The minimum absolute atomic E-state index is 0.0805. The molecule has 0 bridgehead atoms. The molecular weight excluding hydrogens is 276 g/mol. The second kappa shape index (κ2) is 5.56. The molecule has 0 amide bonds. The van der Waals surface area contributed by atoms with Gasteiger partial charge in [0.2, 0.25) is 10.0 Å². The number of primary sulfonamides is 1. The van der Waals surface area contributed by atoms with Crippen LogP contribution in [-0.2, 0) is 10.0 Å². The lowest BCUT2D eigenvalue weighted by Crippen LogP contribution is -2.14. The largest absolute Gasteiger partial charge is 0.377 e. The summed E-state index contributed by atoms with van der Waals surface area (Å²) in [7, 11) is -3.71. The van der Waals surface area contributed by atoms with Gasteiger partial charge in [0.1, 0.15) is 0 Å². The maximum absolute atomic E-state index is 11.4. The van der Waals surface area contributed by atoms with Gasteiger partial charge in [0.15, 0.2) is 0 Å². The monoisotopic (exact) mass is 292 g/mol. The van der Waals surface area contributed by atoms with E-state index in [4.69, 9.17) is 5.14 Å². The molecule has 0 aliphatic heterocycles. The van der Waals surface area contributed by atoms with Gasteiger partial charge in [-0.25, -0.2) is 13.6 Å². The van der Waals surface area contributed by atoms with Crippen LogP contribution >= 0.6 is 0 Å². The lowest BCUT2D eigenvalue weighted by atomic mass is 10.1. The third kappa shape index (κ3) is 3.31. The molecule has 1 heterocycles. The number of nitrogens with zero attached hydrogens (tertiary/aromatic N) is 2. The Kier molecular flexibility index (Phi) is 4.01. The van der Waals surface area contributed by atoms with Gasteiger partial charge in [0.25, 0.3) is 0 Å². The maximum Gasteiger partial charge on any atom is 0.238 e. The molecule has 1 atom stereocenters. The molecule has 20 heavy (non-hydrogen) atoms. The fourth-order valence-corrected chi connectivity index (χ4v) is 2.31. The Bertz CT molecular complexity index is 702. The Morgan fingerprint density at radius 2 is 2.05 bits per heavy atom. The maximum atomic E-state index is 11.4. The minimum Gasteiger partial charge on any atom is -0.377 e. The first-order chi connectivity index (χ1) is 9.38. The van der Waals surface area contributed by atoms with Gasteiger partial charge in [-0.2, -0.15) is 0 Å². The fraction of sp³-hybridized carbons (Fsp3) is 0.231. The van der Waals surface area contributed by atoms with E-state index in [0.717, 1.165) is 11.3 Å². The topological polar surface area (TPSA) is 98.0 Å². The molecule has 1 aromatic carbocycles. The van der Waals surface area contributed by atoms with Crippen LogP contribution in [0, 0.1) is 6.92 Å². The van der Waals surface area contributed by atoms with Crippen molar-refractivity contribution in [2.75, 3.05) is 5.32 Å². The van der Waals surface area contributed by atoms with E-state index < -0.39 is 10.0 Å². The standard InChI is InChI=1S/C13H16N4O2S/c1-9-3-4-11(20(14,18)19)7-12(9)17-10(2)13-8-15-5-6-16-13/h3-8,10,17H,1-2H3,(H2,14,18,19). The molecule has 0 aliphatic rings. The molecule has 0 saturated heterocycles. The van der Waals surface area contributed by atoms with Crippen molar-refractivity contribution in [1.82, 2.24) is 9.97 Å². The molecule has 106 valence electrons. The van der Waals surface area contributed by atoms with Crippen LogP contribution in [0.5, 0.6) is 0 Å². The van der Waals surface area contributed by atoms with Crippen molar-refractivity contribution in [3.63, 3.8) is 0 Å². The second-order valence-corrected chi connectivity index (χ2v) is 6.08. The zero-order chi connectivity index (χ0) is 14.8. The molecule has 0 radical (unpaired) electrons. The summed E-state index contributed by atoms with van der Waals surface area (Å²) >= 11 is 0. The highest BCUT2D eigenvalue weighted by Gasteiger charge is 2.12. The number of aromatic nitrogens is 2. The summed E-state index contributed by atoms with van der Waals surface area (Å²) < 4.78 is 22.8. The van der Waals surface area contributed by atoms with Crippen LogP contribution in [0.2, 0.25) is 0 Å². The Balaban J connectivity index is 2.30. The third-order valence-electron chi connectivity index (χ3n) is 2.94. The molecule has 6 nitrogen and oxygen atoms in total. The first kappa shape index (κ1) is 14.4. The molecule has 0 aliphatic carbocycles. The molecule has 1 aromatic heterocycles. The van der Waals surface area contributed by atoms with E-state index in [1.54, 1.807) is 24.7 Å². The predicted octanol–water partition coefficient (Wildman–Crippen LogP) is 1.61. The number of anilines is 1. The van der Waals surface area contributed by atoms with Crippen molar-refractivity contribution in [2.24, 2.45) is 5.14 Å². The van der Waals surface area contributed by atoms with Crippen molar-refractivity contribution in [2.45, 2.75) is 24.8 Å². The molecule has 3 N–H and O–H groups in total. The van der Waals surface area contributed by atoms with Crippen LogP contribution in [0.25, 0.3) is 0 Å². The fourth-order valence-electron chi connectivity index (χ4n) is 1.78. The first-order valence-corrected chi connectivity index (χ1v) is 7.58. The Morgan fingerprint density at radius 1 is 1.30 bits per heavy atom. The molecule has 2 aromatic rings. The lowest BCUT2D eigenvalue weighted by molar-refractivity contribution is 0.598. The molecule has 0 spiro atoms. The van der Waals surface area contributed by atoms with Crippen molar-refractivity contribution < 1.29 is 8.42 Å². The summed E-state index contributed by atoms with van der Waals surface area (Å²) in [5, 5.41) is 8.36. The van der Waals surface area contributed by atoms with E-state index in [1.165, 1.54) is 12.1 Å². The zero-order valence-electron chi connectivity index (χ0n) is 11.2. The van der Waals surface area contributed by atoms with E-state index in [2.05, 4.69) is 15.3 Å². The number of nitrogens with two attached hydrogens (primary N) is 1. The summed E-state index contributed by atoms with van der Waals surface area (Å²) in [5.41, 5.74) is 2.40. The average Bonchev–Trinajstić information content (AvgIpc) is 2.41. The minimum atomic E-state index is -3.71. The van der Waals surface area contributed by atoms with Crippen LogP contribution < -0.4 is 10.5 Å². The van der Waals surface area contributed by atoms with Crippen LogP contribution in [0.3, 0.4) is 0 Å². The normalized spacial score (nSPS) is 12.9. The van der Waals surface area contributed by atoms with Crippen LogP contribution in [0.1, 0.15) is 24.2 Å². The van der Waals surface area contributed by atoms with Crippen molar-refractivity contribution in [3.05, 3.63) is 48.0 Å². The van der Waals surface area contributed by atoms with Gasteiger partial charge in [-0.3, -0.25) is 9.97 Å². The molecule has 7 heteroatoms. The second-order valence-electron chi connectivity index (χ2n) is 4.52. The number of rotatable bonds is 4. The number of benzene rings is 1. The van der Waals surface area contributed by atoms with Crippen LogP contribution in [0.15, 0.2) is 41.7 Å². The molecular formula is C13H16N4O2S. The number of hydrogen-bond donors (Lipinski definition) is 2. The van der Waals surface area contributed by atoms with Crippen LogP contribution in [0.4, 0.5) is 5.69 Å².